The van der Waals surface area contributed by atoms with Gasteiger partial charge in [0.15, 0.2) is 0 Å². The number of halogens is 1. The van der Waals surface area contributed by atoms with Crippen molar-refractivity contribution in [2.24, 2.45) is 0 Å². The van der Waals surface area contributed by atoms with E-state index in [-0.39, 0.29) is 5.54 Å². The normalized spacial score (nSPS) is 45.0. The Kier molecular flexibility index (Phi) is 1.85. The first-order chi connectivity index (χ1) is 5.33. The lowest BCUT2D eigenvalue weighted by atomic mass is 9.89. The van der Waals surface area contributed by atoms with Gasteiger partial charge in [-0.15, -0.1) is 0 Å². The van der Waals surface area contributed by atoms with Crippen LogP contribution in [0.1, 0.15) is 19.3 Å². The number of ether oxygens (including phenoxy) is 1. The Morgan fingerprint density at radius 1 is 1.55 bits per heavy atom. The van der Waals surface area contributed by atoms with Gasteiger partial charge < -0.3 is 10.1 Å². The molecule has 11 heavy (non-hydrogen) atoms. The van der Waals surface area contributed by atoms with Crippen LogP contribution in [0, 0.1) is 0 Å². The van der Waals surface area contributed by atoms with Gasteiger partial charge in [0.05, 0.1) is 12.1 Å². The second kappa shape index (κ2) is 2.72. The van der Waals surface area contributed by atoms with Crippen molar-refractivity contribution >= 4 is 0 Å². The van der Waals surface area contributed by atoms with E-state index in [1.807, 2.05) is 0 Å². The predicted molar refractivity (Wildman–Crippen MR) is 40.3 cm³/mol. The van der Waals surface area contributed by atoms with E-state index in [0.717, 1.165) is 19.4 Å². The molecule has 3 heteroatoms. The largest absolute Gasteiger partial charge is 0.379 e. The molecule has 0 saturated carbocycles. The van der Waals surface area contributed by atoms with Crippen molar-refractivity contribution < 1.29 is 9.13 Å². The summed E-state index contributed by atoms with van der Waals surface area (Å²) in [5.41, 5.74) is -0.307. The van der Waals surface area contributed by atoms with Crippen LogP contribution in [0.25, 0.3) is 0 Å². The number of hydrogen-bond donors (Lipinski definition) is 1. The lowest BCUT2D eigenvalue weighted by Crippen LogP contribution is -2.55. The summed E-state index contributed by atoms with van der Waals surface area (Å²) in [6.45, 7) is 2.10. The highest BCUT2D eigenvalue weighted by molar-refractivity contribution is 5.00. The summed E-state index contributed by atoms with van der Waals surface area (Å²) in [5, 5.41) is 3.22. The van der Waals surface area contributed by atoms with Crippen molar-refractivity contribution in [3.8, 4) is 0 Å². The summed E-state index contributed by atoms with van der Waals surface area (Å²) in [4.78, 5) is 0. The highest BCUT2D eigenvalue weighted by Gasteiger charge is 2.43. The Bertz CT molecular complexity index is 145. The minimum Gasteiger partial charge on any atom is -0.379 e. The Hall–Kier alpha value is -0.150. The van der Waals surface area contributed by atoms with Gasteiger partial charge in [-0.05, 0) is 19.4 Å². The van der Waals surface area contributed by atoms with Crippen molar-refractivity contribution in [3.05, 3.63) is 0 Å². The zero-order valence-corrected chi connectivity index (χ0v) is 6.61. The van der Waals surface area contributed by atoms with Gasteiger partial charge in [0.1, 0.15) is 6.17 Å². The lowest BCUT2D eigenvalue weighted by molar-refractivity contribution is -0.0252. The third-order valence-corrected chi connectivity index (χ3v) is 2.75. The number of hydrogen-bond acceptors (Lipinski definition) is 2. The van der Waals surface area contributed by atoms with E-state index >= 15 is 0 Å². The molecular formula is C8H14FNO. The van der Waals surface area contributed by atoms with E-state index in [0.29, 0.717) is 19.6 Å². The van der Waals surface area contributed by atoms with E-state index < -0.39 is 6.17 Å². The molecule has 2 fully saturated rings. The Morgan fingerprint density at radius 2 is 2.45 bits per heavy atom. The second-order valence-electron chi connectivity index (χ2n) is 3.50. The molecule has 0 radical (unpaired) electrons. The number of rotatable bonds is 0. The summed E-state index contributed by atoms with van der Waals surface area (Å²) in [7, 11) is 0. The van der Waals surface area contributed by atoms with Crippen molar-refractivity contribution in [2.45, 2.75) is 31.0 Å². The molecule has 2 nitrogen and oxygen atoms in total. The molecule has 0 aromatic heterocycles. The average molecular weight is 159 g/mol. The van der Waals surface area contributed by atoms with Gasteiger partial charge in [-0.3, -0.25) is 0 Å². The fourth-order valence-electron chi connectivity index (χ4n) is 2.03. The van der Waals surface area contributed by atoms with E-state index in [1.54, 1.807) is 0 Å². The maximum Gasteiger partial charge on any atom is 0.123 e. The van der Waals surface area contributed by atoms with Gasteiger partial charge in [-0.25, -0.2) is 4.39 Å². The molecule has 1 N–H and O–H groups in total. The maximum absolute atomic E-state index is 13.4. The lowest BCUT2D eigenvalue weighted by Gasteiger charge is -2.36. The Labute approximate surface area is 66.1 Å². The van der Waals surface area contributed by atoms with Gasteiger partial charge in [0.25, 0.3) is 0 Å². The first-order valence-corrected chi connectivity index (χ1v) is 4.30. The van der Waals surface area contributed by atoms with E-state index in [4.69, 9.17) is 4.74 Å². The standard InChI is InChI=1S/C8H14FNO/c9-7-2-5-11-6-8(7)3-1-4-10-8/h7,10H,1-6H2. The first-order valence-electron chi connectivity index (χ1n) is 4.30. The molecule has 2 aliphatic heterocycles. The van der Waals surface area contributed by atoms with Gasteiger partial charge in [0.2, 0.25) is 0 Å². The topological polar surface area (TPSA) is 21.3 Å². The molecule has 0 aromatic carbocycles. The van der Waals surface area contributed by atoms with Crippen LogP contribution < -0.4 is 5.32 Å². The predicted octanol–water partition coefficient (Wildman–Crippen LogP) is 0.867. The van der Waals surface area contributed by atoms with Crippen molar-refractivity contribution in [1.82, 2.24) is 5.32 Å². The molecule has 0 amide bonds. The van der Waals surface area contributed by atoms with Gasteiger partial charge >= 0.3 is 0 Å². The fraction of sp³-hybridized carbons (Fsp3) is 1.00. The fourth-order valence-corrected chi connectivity index (χ4v) is 2.03. The van der Waals surface area contributed by atoms with Crippen LogP contribution in [-0.2, 0) is 4.74 Å². The average Bonchev–Trinajstić information content (AvgIpc) is 2.46. The van der Waals surface area contributed by atoms with E-state index in [2.05, 4.69) is 5.32 Å². The van der Waals surface area contributed by atoms with Crippen LogP contribution in [-0.4, -0.2) is 31.5 Å². The second-order valence-corrected chi connectivity index (χ2v) is 3.50. The molecule has 2 unspecified atom stereocenters. The number of alkyl halides is 1. The van der Waals surface area contributed by atoms with E-state index in [9.17, 15) is 4.39 Å². The van der Waals surface area contributed by atoms with Crippen LogP contribution in [0.2, 0.25) is 0 Å². The highest BCUT2D eigenvalue weighted by Crippen LogP contribution is 2.30. The van der Waals surface area contributed by atoms with Crippen molar-refractivity contribution in [1.29, 1.82) is 0 Å². The molecule has 2 aliphatic rings. The van der Waals surface area contributed by atoms with Crippen LogP contribution >= 0.6 is 0 Å². The third-order valence-electron chi connectivity index (χ3n) is 2.75. The van der Waals surface area contributed by atoms with Crippen LogP contribution in [0.3, 0.4) is 0 Å². The summed E-state index contributed by atoms with van der Waals surface area (Å²) in [5.74, 6) is 0. The Balaban J connectivity index is 2.07. The monoisotopic (exact) mass is 159 g/mol. The molecule has 2 rings (SSSR count). The molecule has 0 aliphatic carbocycles. The summed E-state index contributed by atoms with van der Waals surface area (Å²) < 4.78 is 18.7. The minimum absolute atomic E-state index is 0.307. The zero-order chi connectivity index (χ0) is 7.73. The molecule has 0 bridgehead atoms. The van der Waals surface area contributed by atoms with Crippen LogP contribution in [0.15, 0.2) is 0 Å². The molecule has 2 atom stereocenters. The molecule has 2 saturated heterocycles. The van der Waals surface area contributed by atoms with Crippen LogP contribution in [0.5, 0.6) is 0 Å². The highest BCUT2D eigenvalue weighted by atomic mass is 19.1. The number of nitrogens with one attached hydrogen (secondary N) is 1. The molecule has 0 aromatic rings. The maximum atomic E-state index is 13.4. The van der Waals surface area contributed by atoms with Gasteiger partial charge in [-0.1, -0.05) is 0 Å². The summed E-state index contributed by atoms with van der Waals surface area (Å²) in [6.07, 6.45) is 1.89. The molecule has 2 heterocycles. The first kappa shape index (κ1) is 7.50. The van der Waals surface area contributed by atoms with Gasteiger partial charge in [0, 0.05) is 13.0 Å². The minimum atomic E-state index is -0.696. The SMILES string of the molecule is FC1CCOCC12CCCN2. The zero-order valence-electron chi connectivity index (χ0n) is 6.61. The molecule has 1 spiro atoms. The summed E-state index contributed by atoms with van der Waals surface area (Å²) >= 11 is 0. The quantitative estimate of drug-likeness (QED) is 0.566. The van der Waals surface area contributed by atoms with Crippen molar-refractivity contribution in [3.63, 3.8) is 0 Å². The third kappa shape index (κ3) is 1.16. The van der Waals surface area contributed by atoms with Crippen molar-refractivity contribution in [2.75, 3.05) is 19.8 Å². The van der Waals surface area contributed by atoms with E-state index in [1.165, 1.54) is 0 Å². The van der Waals surface area contributed by atoms with Crippen LogP contribution in [0.4, 0.5) is 4.39 Å². The summed E-state index contributed by atoms with van der Waals surface area (Å²) in [6, 6.07) is 0. The molecule has 64 valence electrons. The van der Waals surface area contributed by atoms with Gasteiger partial charge in [-0.2, -0.15) is 0 Å². The Morgan fingerprint density at radius 3 is 3.09 bits per heavy atom. The smallest absolute Gasteiger partial charge is 0.123 e. The molecular weight excluding hydrogens is 145 g/mol.